The average molecular weight is 525 g/mol. The van der Waals surface area contributed by atoms with Gasteiger partial charge in [-0.2, -0.15) is 0 Å². The lowest BCUT2D eigenvalue weighted by Gasteiger charge is -2.10. The van der Waals surface area contributed by atoms with Crippen LogP contribution in [0.3, 0.4) is 0 Å². The van der Waals surface area contributed by atoms with Crippen LogP contribution in [-0.4, -0.2) is 32.3 Å². The fraction of sp³-hybridized carbons (Fsp3) is 0.182. The molecular weight excluding hydrogens is 505 g/mol. The van der Waals surface area contributed by atoms with Crippen molar-refractivity contribution >= 4 is 64.1 Å². The Hall–Kier alpha value is -2.52. The second-order valence-electron chi connectivity index (χ2n) is 6.93. The molecule has 0 radical (unpaired) electrons. The zero-order chi connectivity index (χ0) is 24.0. The highest BCUT2D eigenvalue weighted by Crippen LogP contribution is 2.32. The molecule has 0 aliphatic rings. The van der Waals surface area contributed by atoms with Crippen molar-refractivity contribution < 1.29 is 9.59 Å². The Morgan fingerprint density at radius 3 is 2.61 bits per heavy atom. The van der Waals surface area contributed by atoms with Gasteiger partial charge in [-0.25, -0.2) is 0 Å². The molecule has 1 aromatic heterocycles. The van der Waals surface area contributed by atoms with Crippen molar-refractivity contribution in [3.8, 4) is 0 Å². The van der Waals surface area contributed by atoms with Crippen molar-refractivity contribution in [1.29, 1.82) is 0 Å². The molecule has 3 aromatic rings. The van der Waals surface area contributed by atoms with Crippen LogP contribution in [0.15, 0.2) is 54.2 Å². The number of aryl methyl sites for hydroxylation is 1. The van der Waals surface area contributed by atoms with Crippen molar-refractivity contribution in [1.82, 2.24) is 20.1 Å². The van der Waals surface area contributed by atoms with Gasteiger partial charge >= 0.3 is 0 Å². The average Bonchev–Trinajstić information content (AvgIpc) is 3.16. The van der Waals surface area contributed by atoms with Crippen molar-refractivity contribution in [2.24, 2.45) is 0 Å². The van der Waals surface area contributed by atoms with E-state index in [-0.39, 0.29) is 34.2 Å². The van der Waals surface area contributed by atoms with Gasteiger partial charge in [-0.15, -0.1) is 16.8 Å². The molecule has 0 bridgehead atoms. The zero-order valence-corrected chi connectivity index (χ0v) is 20.7. The summed E-state index contributed by atoms with van der Waals surface area (Å²) in [4.78, 5) is 24.8. The number of anilines is 1. The first-order chi connectivity index (χ1) is 15.8. The van der Waals surface area contributed by atoms with Gasteiger partial charge in [0.2, 0.25) is 5.91 Å². The summed E-state index contributed by atoms with van der Waals surface area (Å²) in [7, 11) is 0. The van der Waals surface area contributed by atoms with E-state index in [2.05, 4.69) is 27.4 Å². The topological polar surface area (TPSA) is 88.9 Å². The Balaban J connectivity index is 1.63. The van der Waals surface area contributed by atoms with E-state index >= 15 is 0 Å². The van der Waals surface area contributed by atoms with E-state index in [1.165, 1.54) is 23.9 Å². The van der Waals surface area contributed by atoms with Gasteiger partial charge < -0.3 is 15.2 Å². The maximum absolute atomic E-state index is 12.4. The Kier molecular flexibility index (Phi) is 8.80. The number of rotatable bonds is 9. The first-order valence-corrected chi connectivity index (χ1v) is 11.9. The van der Waals surface area contributed by atoms with Crippen molar-refractivity contribution in [2.75, 3.05) is 11.1 Å². The van der Waals surface area contributed by atoms with E-state index in [0.717, 1.165) is 5.56 Å². The monoisotopic (exact) mass is 523 g/mol. The number of nitrogens with zero attached hydrogens (tertiary/aromatic N) is 3. The normalized spacial score (nSPS) is 10.7. The van der Waals surface area contributed by atoms with Gasteiger partial charge in [0.05, 0.1) is 33.1 Å². The molecule has 33 heavy (non-hydrogen) atoms. The lowest BCUT2D eigenvalue weighted by Crippen LogP contribution is -2.25. The first kappa shape index (κ1) is 25.1. The summed E-state index contributed by atoms with van der Waals surface area (Å²) < 4.78 is 1.79. The zero-order valence-electron chi connectivity index (χ0n) is 17.6. The SMILES string of the molecule is C=CCn1c(CNC(=O)c2cccc(C)c2)nnc1SCC(=O)Nc1cc(Cl)c(Cl)cc1Cl. The molecule has 2 amide bonds. The smallest absolute Gasteiger partial charge is 0.251 e. The summed E-state index contributed by atoms with van der Waals surface area (Å²) in [5, 5.41) is 15.2. The number of thioether (sulfide) groups is 1. The number of aromatic nitrogens is 3. The van der Waals surface area contributed by atoms with Gasteiger partial charge in [-0.05, 0) is 31.2 Å². The minimum atomic E-state index is -0.303. The number of nitrogens with one attached hydrogen (secondary N) is 2. The number of allylic oxidation sites excluding steroid dienone is 1. The van der Waals surface area contributed by atoms with Crippen LogP contribution >= 0.6 is 46.6 Å². The Morgan fingerprint density at radius 2 is 1.88 bits per heavy atom. The van der Waals surface area contributed by atoms with E-state index in [0.29, 0.717) is 33.8 Å². The molecular formula is C22H20Cl3N5O2S. The second kappa shape index (κ2) is 11.6. The van der Waals surface area contributed by atoms with E-state index in [1.807, 2.05) is 25.1 Å². The van der Waals surface area contributed by atoms with Crippen LogP contribution in [0.25, 0.3) is 0 Å². The van der Waals surface area contributed by atoms with Crippen LogP contribution in [0, 0.1) is 6.92 Å². The Labute approximate surface area is 210 Å². The molecule has 2 N–H and O–H groups in total. The molecule has 0 aliphatic heterocycles. The van der Waals surface area contributed by atoms with E-state index in [4.69, 9.17) is 34.8 Å². The number of halogens is 3. The summed E-state index contributed by atoms with van der Waals surface area (Å²) in [6.45, 7) is 6.28. The summed E-state index contributed by atoms with van der Waals surface area (Å²) in [5.74, 6) is 0.0922. The molecule has 0 unspecified atom stereocenters. The Bertz CT molecular complexity index is 1200. The third-order valence-electron chi connectivity index (χ3n) is 4.41. The summed E-state index contributed by atoms with van der Waals surface area (Å²) in [6.07, 6.45) is 1.69. The quantitative estimate of drug-likeness (QED) is 0.222. The maximum Gasteiger partial charge on any atom is 0.251 e. The number of carbonyl (C=O) groups excluding carboxylic acids is 2. The first-order valence-electron chi connectivity index (χ1n) is 9.73. The van der Waals surface area contributed by atoms with Crippen molar-refractivity contribution in [3.05, 3.63) is 81.1 Å². The van der Waals surface area contributed by atoms with E-state index in [1.54, 1.807) is 16.7 Å². The second-order valence-corrected chi connectivity index (χ2v) is 9.10. The molecule has 0 atom stereocenters. The minimum Gasteiger partial charge on any atom is -0.345 e. The molecule has 1 heterocycles. The largest absolute Gasteiger partial charge is 0.345 e. The highest BCUT2D eigenvalue weighted by atomic mass is 35.5. The summed E-state index contributed by atoms with van der Waals surface area (Å²) >= 11 is 19.2. The number of amides is 2. The van der Waals surface area contributed by atoms with Crippen LogP contribution in [-0.2, 0) is 17.9 Å². The highest BCUT2D eigenvalue weighted by Gasteiger charge is 2.16. The molecule has 3 rings (SSSR count). The highest BCUT2D eigenvalue weighted by molar-refractivity contribution is 7.99. The minimum absolute atomic E-state index is 0.0570. The van der Waals surface area contributed by atoms with Crippen LogP contribution in [0.5, 0.6) is 0 Å². The maximum atomic E-state index is 12.4. The third-order valence-corrected chi connectivity index (χ3v) is 6.41. The van der Waals surface area contributed by atoms with Gasteiger partial charge in [-0.3, -0.25) is 9.59 Å². The van der Waals surface area contributed by atoms with Gasteiger partial charge in [0.15, 0.2) is 11.0 Å². The molecule has 11 heteroatoms. The lowest BCUT2D eigenvalue weighted by molar-refractivity contribution is -0.113. The molecule has 172 valence electrons. The van der Waals surface area contributed by atoms with Crippen molar-refractivity contribution in [2.45, 2.75) is 25.2 Å². The van der Waals surface area contributed by atoms with Gasteiger partial charge in [0.25, 0.3) is 5.91 Å². The van der Waals surface area contributed by atoms with Crippen LogP contribution in [0.4, 0.5) is 5.69 Å². The third kappa shape index (κ3) is 6.74. The Morgan fingerprint density at radius 1 is 1.12 bits per heavy atom. The van der Waals surface area contributed by atoms with Gasteiger partial charge in [0, 0.05) is 12.1 Å². The van der Waals surface area contributed by atoms with Crippen molar-refractivity contribution in [3.63, 3.8) is 0 Å². The molecule has 0 spiro atoms. The number of hydrogen-bond donors (Lipinski definition) is 2. The predicted molar refractivity (Wildman–Crippen MR) is 133 cm³/mol. The molecule has 0 saturated carbocycles. The molecule has 0 fully saturated rings. The van der Waals surface area contributed by atoms with Crippen LogP contribution < -0.4 is 10.6 Å². The van der Waals surface area contributed by atoms with Crippen LogP contribution in [0.2, 0.25) is 15.1 Å². The summed E-state index contributed by atoms with van der Waals surface area (Å²) in [5.41, 5.74) is 1.93. The van der Waals surface area contributed by atoms with Gasteiger partial charge in [0.1, 0.15) is 0 Å². The standard InChI is InChI=1S/C22H20Cl3N5O2S/c1-3-7-30-19(11-26-21(32)14-6-4-5-13(2)8-14)28-29-22(30)33-12-20(31)27-18-10-16(24)15(23)9-17(18)25/h3-6,8-10H,1,7,11-12H2,2H3,(H,26,32)(H,27,31). The van der Waals surface area contributed by atoms with E-state index < -0.39 is 0 Å². The number of hydrogen-bond acceptors (Lipinski definition) is 5. The van der Waals surface area contributed by atoms with Crippen LogP contribution in [0.1, 0.15) is 21.7 Å². The predicted octanol–water partition coefficient (Wildman–Crippen LogP) is 5.39. The summed E-state index contributed by atoms with van der Waals surface area (Å²) in [6, 6.07) is 10.3. The lowest BCUT2D eigenvalue weighted by atomic mass is 10.1. The molecule has 0 saturated heterocycles. The fourth-order valence-electron chi connectivity index (χ4n) is 2.85. The molecule has 7 nitrogen and oxygen atoms in total. The van der Waals surface area contributed by atoms with E-state index in [9.17, 15) is 9.59 Å². The molecule has 0 aliphatic carbocycles. The molecule has 2 aromatic carbocycles. The fourth-order valence-corrected chi connectivity index (χ4v) is 4.21. The van der Waals surface area contributed by atoms with Gasteiger partial charge in [-0.1, -0.05) is 70.3 Å². The number of benzene rings is 2. The number of carbonyl (C=O) groups is 2.